The molecule has 1 aromatic heterocycles. The van der Waals surface area contributed by atoms with E-state index in [1.165, 1.54) is 6.21 Å². The SMILES string of the molecule is CCCCCC[C@H](N)CNCC[C@H](N)C(=O)N[C@H](CC=[n+]1c(=O)c2cccc3c(N(C)C)ccc(c1=O)c32)C(=O)NCC[C@@H](NC(=O)CCCC(=O)O)C(=O)O. The van der Waals surface area contributed by atoms with E-state index < -0.39 is 58.9 Å². The molecule has 3 amide bonds. The minimum absolute atomic E-state index is 0.0207. The molecule has 17 nitrogen and oxygen atoms in total. The number of unbranched alkanes of at least 4 members (excludes halogenated alkanes) is 3. The van der Waals surface area contributed by atoms with Gasteiger partial charge in [0.2, 0.25) is 17.7 Å². The van der Waals surface area contributed by atoms with Crippen LogP contribution in [-0.4, -0.2) is 97.8 Å². The predicted octanol–water partition coefficient (Wildman–Crippen LogP) is 0.0437. The molecular formula is C39H57N8O9+. The number of aliphatic carboxylic acids is 2. The Bertz CT molecular complexity index is 1960. The summed E-state index contributed by atoms with van der Waals surface area (Å²) < 4.78 is 0.911. The van der Waals surface area contributed by atoms with Crippen LogP contribution in [0.5, 0.6) is 0 Å². The zero-order valence-electron chi connectivity index (χ0n) is 32.5. The van der Waals surface area contributed by atoms with E-state index in [1.54, 1.807) is 24.3 Å². The van der Waals surface area contributed by atoms with Crippen LogP contribution in [0.1, 0.15) is 77.6 Å². The van der Waals surface area contributed by atoms with Crippen molar-refractivity contribution in [2.24, 2.45) is 11.5 Å². The van der Waals surface area contributed by atoms with Crippen molar-refractivity contribution in [1.29, 1.82) is 0 Å². The molecule has 17 heteroatoms. The number of pyridine rings is 1. The number of amides is 3. The summed E-state index contributed by atoms with van der Waals surface area (Å²) >= 11 is 0. The largest absolute Gasteiger partial charge is 0.481 e. The molecule has 3 rings (SSSR count). The van der Waals surface area contributed by atoms with Crippen LogP contribution in [0.25, 0.3) is 21.5 Å². The van der Waals surface area contributed by atoms with E-state index >= 15 is 0 Å². The van der Waals surface area contributed by atoms with E-state index in [1.807, 2.05) is 25.1 Å². The molecule has 3 aromatic rings. The zero-order valence-corrected chi connectivity index (χ0v) is 32.5. The highest BCUT2D eigenvalue weighted by Crippen LogP contribution is 2.30. The number of rotatable bonds is 25. The minimum atomic E-state index is -1.39. The maximum Gasteiger partial charge on any atom is 0.428 e. The molecule has 0 saturated carbocycles. The maximum absolute atomic E-state index is 13.7. The number of anilines is 1. The number of nitrogens with zero attached hydrogens (tertiary/aromatic N) is 2. The first-order chi connectivity index (χ1) is 26.7. The van der Waals surface area contributed by atoms with Crippen LogP contribution in [0.4, 0.5) is 5.69 Å². The highest BCUT2D eigenvalue weighted by Gasteiger charge is 2.27. The van der Waals surface area contributed by atoms with Gasteiger partial charge in [-0.2, -0.15) is 0 Å². The van der Waals surface area contributed by atoms with E-state index in [-0.39, 0.29) is 51.1 Å². The molecule has 0 radical (unpaired) electrons. The number of benzene rings is 2. The Labute approximate surface area is 325 Å². The van der Waals surface area contributed by atoms with Gasteiger partial charge in [-0.1, -0.05) is 49.0 Å². The van der Waals surface area contributed by atoms with Gasteiger partial charge in [-0.05, 0) is 50.4 Å². The van der Waals surface area contributed by atoms with Gasteiger partial charge in [0, 0.05) is 62.5 Å². The van der Waals surface area contributed by atoms with Crippen LogP contribution in [0, 0.1) is 6.21 Å². The molecule has 0 fully saturated rings. The Hall–Kier alpha value is -5.26. The molecule has 2 aromatic carbocycles. The lowest BCUT2D eigenvalue weighted by molar-refractivity contribution is -0.540. The van der Waals surface area contributed by atoms with E-state index in [2.05, 4.69) is 28.2 Å². The van der Waals surface area contributed by atoms with Gasteiger partial charge in [0.25, 0.3) is 0 Å². The topological polar surface area (TPSA) is 269 Å². The molecule has 0 unspecified atom stereocenters. The third kappa shape index (κ3) is 13.2. The molecular weight excluding hydrogens is 724 g/mol. The van der Waals surface area contributed by atoms with E-state index in [0.29, 0.717) is 29.2 Å². The summed E-state index contributed by atoms with van der Waals surface area (Å²) in [6.07, 6.45) is 5.81. The molecule has 0 saturated heterocycles. The Morgan fingerprint density at radius 1 is 0.804 bits per heavy atom. The fourth-order valence-corrected chi connectivity index (χ4v) is 6.37. The van der Waals surface area contributed by atoms with Gasteiger partial charge < -0.3 is 47.8 Å². The van der Waals surface area contributed by atoms with Gasteiger partial charge in [-0.3, -0.25) is 19.2 Å². The molecule has 306 valence electrons. The lowest BCUT2D eigenvalue weighted by Crippen LogP contribution is -2.54. The number of nitrogens with two attached hydrogens (primary N) is 2. The Kier molecular flexibility index (Phi) is 18.0. The Balaban J connectivity index is 1.79. The Morgan fingerprint density at radius 2 is 1.50 bits per heavy atom. The van der Waals surface area contributed by atoms with Crippen LogP contribution >= 0.6 is 0 Å². The van der Waals surface area contributed by atoms with Gasteiger partial charge in [0.1, 0.15) is 17.5 Å². The maximum atomic E-state index is 13.7. The van der Waals surface area contributed by atoms with Gasteiger partial charge in [0.15, 0.2) is 6.21 Å². The number of carbonyl (C=O) groups is 5. The first-order valence-electron chi connectivity index (χ1n) is 19.1. The quantitative estimate of drug-likeness (QED) is 0.0418. The highest BCUT2D eigenvalue weighted by molar-refractivity contribution is 6.13. The second-order valence-corrected chi connectivity index (χ2v) is 14.2. The van der Waals surface area contributed by atoms with Crippen LogP contribution in [-0.2, 0) is 24.0 Å². The van der Waals surface area contributed by atoms with Crippen molar-refractivity contribution in [3.05, 3.63) is 57.3 Å². The summed E-state index contributed by atoms with van der Waals surface area (Å²) in [6.45, 7) is 2.83. The van der Waals surface area contributed by atoms with Gasteiger partial charge >= 0.3 is 23.1 Å². The molecule has 1 heterocycles. The zero-order chi connectivity index (χ0) is 41.4. The van der Waals surface area contributed by atoms with Crippen LogP contribution in [0.15, 0.2) is 39.9 Å². The van der Waals surface area contributed by atoms with E-state index in [4.69, 9.17) is 16.6 Å². The standard InChI is InChI=1S/C39H56N8O9/c1-4-5-6-7-10-24(40)23-42-20-17-28(41)35(51)45-29(36(52)43-21-18-30(39(55)56)44-32(48)13-9-14-33(49)50)19-22-47-37(53)26-12-8-11-25-31(46(2)3)16-15-27(34(25)26)38(47)54/h8,11-12,15-16,22,24,28-30,42H,4-7,9-10,13-14,17-21,23,40-41H2,1-3H3,(H4-,43,44,45,48,49,50,51,52,55,56)/p+1/t24-,28-,29+,30+/m0/s1. The normalized spacial score (nSPS) is 13.9. The summed E-state index contributed by atoms with van der Waals surface area (Å²) in [5, 5.41) is 30.9. The third-order valence-corrected chi connectivity index (χ3v) is 9.52. The van der Waals surface area contributed by atoms with Crippen molar-refractivity contribution >= 4 is 56.9 Å². The number of nitrogens with one attached hydrogen (secondary N) is 4. The predicted molar refractivity (Wildman–Crippen MR) is 212 cm³/mol. The summed E-state index contributed by atoms with van der Waals surface area (Å²) in [6, 6.07) is 4.79. The molecule has 56 heavy (non-hydrogen) atoms. The molecule has 0 aliphatic carbocycles. The Morgan fingerprint density at radius 3 is 2.16 bits per heavy atom. The van der Waals surface area contributed by atoms with Crippen LogP contribution in [0.2, 0.25) is 0 Å². The average molecular weight is 782 g/mol. The number of carboxylic acid groups (broad SMARTS) is 2. The second-order valence-electron chi connectivity index (χ2n) is 14.2. The summed E-state index contributed by atoms with van der Waals surface area (Å²) in [5.74, 6) is -4.52. The number of hydrogen-bond donors (Lipinski definition) is 8. The lowest BCUT2D eigenvalue weighted by Gasteiger charge is -2.20. The number of carboxylic acids is 2. The second kappa shape index (κ2) is 22.3. The van der Waals surface area contributed by atoms with Crippen molar-refractivity contribution in [2.45, 2.75) is 102 Å². The number of carbonyl (C=O) groups excluding carboxylic acids is 3. The fraction of sp³-hybridized carbons (Fsp3) is 0.538. The van der Waals surface area contributed by atoms with Crippen molar-refractivity contribution in [3.8, 4) is 0 Å². The average Bonchev–Trinajstić information content (AvgIpc) is 3.15. The van der Waals surface area contributed by atoms with Crippen molar-refractivity contribution in [2.75, 3.05) is 38.6 Å². The first-order valence-corrected chi connectivity index (χ1v) is 19.1. The third-order valence-electron chi connectivity index (χ3n) is 9.52. The molecule has 4 atom stereocenters. The van der Waals surface area contributed by atoms with Crippen molar-refractivity contribution in [3.63, 3.8) is 0 Å². The van der Waals surface area contributed by atoms with Crippen molar-refractivity contribution in [1.82, 2.24) is 21.3 Å². The van der Waals surface area contributed by atoms with Gasteiger partial charge in [-0.15, -0.1) is 0 Å². The van der Waals surface area contributed by atoms with Crippen molar-refractivity contribution < 1.29 is 38.4 Å². The minimum Gasteiger partial charge on any atom is -0.481 e. The summed E-state index contributed by atoms with van der Waals surface area (Å²) in [5.41, 5.74) is 12.0. The van der Waals surface area contributed by atoms with Crippen LogP contribution in [0.3, 0.4) is 0 Å². The smallest absolute Gasteiger partial charge is 0.428 e. The molecule has 0 aliphatic rings. The highest BCUT2D eigenvalue weighted by atomic mass is 16.4. The van der Waals surface area contributed by atoms with E-state index in [0.717, 1.165) is 47.4 Å². The monoisotopic (exact) mass is 781 g/mol. The van der Waals surface area contributed by atoms with Crippen LogP contribution < -0.4 is 53.0 Å². The molecule has 0 spiro atoms. The molecule has 0 aliphatic heterocycles. The van der Waals surface area contributed by atoms with Gasteiger partial charge in [-0.25, -0.2) is 14.4 Å². The number of hydrogen-bond acceptors (Lipinski definition) is 11. The number of aromatic nitrogens is 1. The lowest BCUT2D eigenvalue weighted by atomic mass is 10.0. The molecule has 0 bridgehead atoms. The van der Waals surface area contributed by atoms with Gasteiger partial charge in [0.05, 0.1) is 17.8 Å². The fourth-order valence-electron chi connectivity index (χ4n) is 6.37. The van der Waals surface area contributed by atoms with E-state index in [9.17, 15) is 38.7 Å². The molecule has 10 N–H and O–H groups in total. The summed E-state index contributed by atoms with van der Waals surface area (Å²) in [4.78, 5) is 90.9. The first kappa shape index (κ1) is 45.1. The summed E-state index contributed by atoms with van der Waals surface area (Å²) in [7, 11) is 3.71.